The number of imidazole rings is 1. The van der Waals surface area contributed by atoms with Gasteiger partial charge in [0.25, 0.3) is 0 Å². The number of hydrogen-bond donors (Lipinski definition) is 1. The average Bonchev–Trinajstić information content (AvgIpc) is 3.12. The van der Waals surface area contributed by atoms with Gasteiger partial charge in [0.05, 0.1) is 17.8 Å². The van der Waals surface area contributed by atoms with Crippen molar-refractivity contribution in [3.05, 3.63) is 30.2 Å². The van der Waals surface area contributed by atoms with Crippen LogP contribution in [0, 0.1) is 5.92 Å². The van der Waals surface area contributed by atoms with Crippen LogP contribution in [0.3, 0.4) is 0 Å². The van der Waals surface area contributed by atoms with E-state index in [-0.39, 0.29) is 5.92 Å². The van der Waals surface area contributed by atoms with Crippen LogP contribution < -0.4 is 0 Å². The molecule has 1 aromatic carbocycles. The molecular weight excluding hydrogens is 272 g/mol. The lowest BCUT2D eigenvalue weighted by Crippen LogP contribution is -2.27. The molecule has 1 aliphatic rings. The summed E-state index contributed by atoms with van der Waals surface area (Å²) in [4.78, 5) is 15.6. The van der Waals surface area contributed by atoms with Gasteiger partial charge in [-0.15, -0.1) is 0 Å². The third-order valence-electron chi connectivity index (χ3n) is 3.97. The quantitative estimate of drug-likeness (QED) is 0.770. The summed E-state index contributed by atoms with van der Waals surface area (Å²) in [5, 5.41) is 17.0. The van der Waals surface area contributed by atoms with E-state index in [1.165, 1.54) is 0 Å². The number of aromatic nitrogens is 4. The number of aliphatic carboxylic acids is 1. The average molecular weight is 284 g/mol. The first-order chi connectivity index (χ1) is 10.2. The number of carboxylic acid groups (broad SMARTS) is 1. The molecule has 1 atom stereocenters. The Morgan fingerprint density at radius 3 is 3.14 bits per heavy atom. The first-order valence-corrected chi connectivity index (χ1v) is 6.73. The van der Waals surface area contributed by atoms with Crippen LogP contribution in [-0.4, -0.2) is 30.9 Å². The maximum atomic E-state index is 11.2. The predicted molar refractivity (Wildman–Crippen MR) is 72.5 cm³/mol. The van der Waals surface area contributed by atoms with Gasteiger partial charge < -0.3 is 9.67 Å². The molecule has 3 aromatic rings. The van der Waals surface area contributed by atoms with Crippen molar-refractivity contribution in [1.29, 1.82) is 0 Å². The van der Waals surface area contributed by atoms with Gasteiger partial charge in [-0.2, -0.15) is 0 Å². The number of rotatable bonds is 2. The van der Waals surface area contributed by atoms with Crippen LogP contribution in [0.4, 0.5) is 0 Å². The minimum Gasteiger partial charge on any atom is -0.481 e. The van der Waals surface area contributed by atoms with Crippen molar-refractivity contribution >= 4 is 17.0 Å². The molecule has 0 saturated carbocycles. The molecule has 0 bridgehead atoms. The molecule has 2 aromatic heterocycles. The lowest BCUT2D eigenvalue weighted by molar-refractivity contribution is -0.142. The van der Waals surface area contributed by atoms with Crippen molar-refractivity contribution in [2.24, 2.45) is 5.92 Å². The molecule has 1 aliphatic heterocycles. The zero-order chi connectivity index (χ0) is 14.4. The second-order valence-electron chi connectivity index (χ2n) is 5.18. The van der Waals surface area contributed by atoms with Gasteiger partial charge in [0.15, 0.2) is 0 Å². The largest absolute Gasteiger partial charge is 0.481 e. The predicted octanol–water partition coefficient (Wildman–Crippen LogP) is 1.73. The minimum atomic E-state index is -0.762. The molecule has 7 nitrogen and oxygen atoms in total. The molecule has 3 heterocycles. The molecule has 1 unspecified atom stereocenters. The Balaban J connectivity index is 1.86. The zero-order valence-electron chi connectivity index (χ0n) is 11.1. The molecule has 106 valence electrons. The SMILES string of the molecule is O=C(O)C1CCc2ncc(-c3cccc4nonc34)n2C1. The van der Waals surface area contributed by atoms with Gasteiger partial charge in [0, 0.05) is 18.5 Å². The minimum absolute atomic E-state index is 0.375. The van der Waals surface area contributed by atoms with Crippen molar-refractivity contribution in [2.45, 2.75) is 19.4 Å². The summed E-state index contributed by atoms with van der Waals surface area (Å²) in [7, 11) is 0. The van der Waals surface area contributed by atoms with Crippen molar-refractivity contribution in [1.82, 2.24) is 19.9 Å². The van der Waals surface area contributed by atoms with Crippen LogP contribution in [0.1, 0.15) is 12.2 Å². The summed E-state index contributed by atoms with van der Waals surface area (Å²) < 4.78 is 6.75. The van der Waals surface area contributed by atoms with Gasteiger partial charge in [-0.1, -0.05) is 12.1 Å². The Labute approximate surface area is 119 Å². The number of fused-ring (bicyclic) bond motifs is 2. The Bertz CT molecular complexity index is 836. The number of benzene rings is 1. The fourth-order valence-corrected chi connectivity index (χ4v) is 2.86. The highest BCUT2D eigenvalue weighted by Gasteiger charge is 2.27. The highest BCUT2D eigenvalue weighted by atomic mass is 16.6. The standard InChI is InChI=1S/C14H12N4O3/c19-14(20)8-4-5-12-15-6-11(18(12)7-8)9-2-1-3-10-13(9)17-21-16-10/h1-3,6,8H,4-5,7H2,(H,19,20). The van der Waals surface area contributed by atoms with Crippen molar-refractivity contribution in [3.8, 4) is 11.3 Å². The molecule has 0 fully saturated rings. The van der Waals surface area contributed by atoms with E-state index in [1.54, 1.807) is 6.20 Å². The molecule has 0 amide bonds. The van der Waals surface area contributed by atoms with Crippen LogP contribution >= 0.6 is 0 Å². The molecular formula is C14H12N4O3. The van der Waals surface area contributed by atoms with E-state index in [0.717, 1.165) is 17.1 Å². The van der Waals surface area contributed by atoms with E-state index in [1.807, 2.05) is 22.8 Å². The number of hydrogen-bond acceptors (Lipinski definition) is 5. The zero-order valence-corrected chi connectivity index (χ0v) is 11.1. The molecule has 0 aliphatic carbocycles. The van der Waals surface area contributed by atoms with Gasteiger partial charge in [-0.25, -0.2) is 9.61 Å². The number of carboxylic acids is 1. The number of carbonyl (C=O) groups is 1. The summed E-state index contributed by atoms with van der Waals surface area (Å²) in [6, 6.07) is 5.61. The third-order valence-corrected chi connectivity index (χ3v) is 3.97. The first kappa shape index (κ1) is 12.1. The Hall–Kier alpha value is -2.70. The lowest BCUT2D eigenvalue weighted by Gasteiger charge is -2.22. The van der Waals surface area contributed by atoms with E-state index in [0.29, 0.717) is 30.4 Å². The van der Waals surface area contributed by atoms with Crippen LogP contribution in [0.25, 0.3) is 22.3 Å². The molecule has 21 heavy (non-hydrogen) atoms. The van der Waals surface area contributed by atoms with Gasteiger partial charge in [-0.05, 0) is 22.8 Å². The van der Waals surface area contributed by atoms with E-state index < -0.39 is 5.97 Å². The smallest absolute Gasteiger partial charge is 0.308 e. The van der Waals surface area contributed by atoms with Gasteiger partial charge in [-0.3, -0.25) is 4.79 Å². The summed E-state index contributed by atoms with van der Waals surface area (Å²) in [5.74, 6) is -0.224. The Morgan fingerprint density at radius 1 is 1.38 bits per heavy atom. The second kappa shape index (κ2) is 4.41. The van der Waals surface area contributed by atoms with E-state index in [2.05, 4.69) is 15.3 Å². The van der Waals surface area contributed by atoms with Crippen molar-refractivity contribution < 1.29 is 14.5 Å². The second-order valence-corrected chi connectivity index (χ2v) is 5.18. The molecule has 0 radical (unpaired) electrons. The van der Waals surface area contributed by atoms with Crippen LogP contribution in [-0.2, 0) is 17.8 Å². The Morgan fingerprint density at radius 2 is 2.29 bits per heavy atom. The number of nitrogens with zero attached hydrogens (tertiary/aromatic N) is 4. The summed E-state index contributed by atoms with van der Waals surface area (Å²) >= 11 is 0. The lowest BCUT2D eigenvalue weighted by atomic mass is 9.99. The maximum Gasteiger partial charge on any atom is 0.308 e. The fourth-order valence-electron chi connectivity index (χ4n) is 2.86. The third kappa shape index (κ3) is 1.81. The molecule has 4 rings (SSSR count). The van der Waals surface area contributed by atoms with E-state index in [9.17, 15) is 9.90 Å². The summed E-state index contributed by atoms with van der Waals surface area (Å²) in [5.41, 5.74) is 3.06. The van der Waals surface area contributed by atoms with E-state index in [4.69, 9.17) is 4.63 Å². The summed E-state index contributed by atoms with van der Waals surface area (Å²) in [6.45, 7) is 0.432. The van der Waals surface area contributed by atoms with E-state index >= 15 is 0 Å². The maximum absolute atomic E-state index is 11.2. The van der Waals surface area contributed by atoms with Crippen LogP contribution in [0.5, 0.6) is 0 Å². The van der Waals surface area contributed by atoms with Gasteiger partial charge >= 0.3 is 5.97 Å². The summed E-state index contributed by atoms with van der Waals surface area (Å²) in [6.07, 6.45) is 3.06. The van der Waals surface area contributed by atoms with Gasteiger partial charge in [0.2, 0.25) is 0 Å². The van der Waals surface area contributed by atoms with Crippen LogP contribution in [0.15, 0.2) is 29.0 Å². The normalized spacial score (nSPS) is 17.8. The van der Waals surface area contributed by atoms with Crippen LogP contribution in [0.2, 0.25) is 0 Å². The number of aryl methyl sites for hydroxylation is 1. The molecule has 0 saturated heterocycles. The topological polar surface area (TPSA) is 94.0 Å². The fraction of sp³-hybridized carbons (Fsp3) is 0.286. The van der Waals surface area contributed by atoms with Crippen molar-refractivity contribution in [3.63, 3.8) is 0 Å². The first-order valence-electron chi connectivity index (χ1n) is 6.73. The van der Waals surface area contributed by atoms with Crippen molar-refractivity contribution in [2.75, 3.05) is 0 Å². The molecule has 7 heteroatoms. The molecule has 1 N–H and O–H groups in total. The highest BCUT2D eigenvalue weighted by Crippen LogP contribution is 2.31. The highest BCUT2D eigenvalue weighted by molar-refractivity contribution is 5.89. The van der Waals surface area contributed by atoms with Gasteiger partial charge in [0.1, 0.15) is 16.9 Å². The molecule has 0 spiro atoms. The Kier molecular flexibility index (Phi) is 2.53. The monoisotopic (exact) mass is 284 g/mol.